The molecule has 0 spiro atoms. The van der Waals surface area contributed by atoms with Crippen molar-refractivity contribution in [3.05, 3.63) is 0 Å². The number of nitrogens with zero attached hydrogens (tertiary/aromatic N) is 1. The smallest absolute Gasteiger partial charge is 0.0480 e. The molecule has 2 aliphatic heterocycles. The molecule has 2 rings (SSSR count). The van der Waals surface area contributed by atoms with Crippen LogP contribution in [0.5, 0.6) is 0 Å². The van der Waals surface area contributed by atoms with Crippen LogP contribution in [0.15, 0.2) is 0 Å². The second-order valence-corrected chi connectivity index (χ2v) is 5.95. The van der Waals surface area contributed by atoms with E-state index in [0.717, 1.165) is 31.8 Å². The van der Waals surface area contributed by atoms with Gasteiger partial charge in [0.05, 0.1) is 0 Å². The summed E-state index contributed by atoms with van der Waals surface area (Å²) in [7, 11) is 0. The van der Waals surface area contributed by atoms with Crippen molar-refractivity contribution in [2.75, 3.05) is 26.3 Å². The molecule has 18 heavy (non-hydrogen) atoms. The van der Waals surface area contributed by atoms with Crippen molar-refractivity contribution in [3.63, 3.8) is 0 Å². The Kier molecular flexibility index (Phi) is 5.05. The van der Waals surface area contributed by atoms with Gasteiger partial charge in [0, 0.05) is 43.9 Å². The third kappa shape index (κ3) is 2.89. The molecule has 3 nitrogen and oxygen atoms in total. The molecule has 0 saturated carbocycles. The summed E-state index contributed by atoms with van der Waals surface area (Å²) in [5, 5.41) is 3.83. The average Bonchev–Trinajstić information content (AvgIpc) is 2.47. The van der Waals surface area contributed by atoms with E-state index in [9.17, 15) is 0 Å². The first kappa shape index (κ1) is 14.3. The van der Waals surface area contributed by atoms with Crippen molar-refractivity contribution in [1.29, 1.82) is 0 Å². The lowest BCUT2D eigenvalue weighted by molar-refractivity contribution is -0.0191. The topological polar surface area (TPSA) is 24.5 Å². The monoisotopic (exact) mass is 254 g/mol. The molecule has 0 aromatic rings. The summed E-state index contributed by atoms with van der Waals surface area (Å²) in [5.41, 5.74) is 0.351. The number of piperazine rings is 1. The van der Waals surface area contributed by atoms with Gasteiger partial charge in [-0.1, -0.05) is 20.8 Å². The molecule has 106 valence electrons. The molecule has 1 unspecified atom stereocenters. The van der Waals surface area contributed by atoms with E-state index in [1.807, 2.05) is 0 Å². The van der Waals surface area contributed by atoms with Crippen LogP contribution in [0.4, 0.5) is 0 Å². The fourth-order valence-electron chi connectivity index (χ4n) is 3.53. The predicted octanol–water partition coefficient (Wildman–Crippen LogP) is 2.41. The van der Waals surface area contributed by atoms with Crippen LogP contribution in [0.25, 0.3) is 0 Å². The minimum atomic E-state index is 0.351. The zero-order valence-corrected chi connectivity index (χ0v) is 12.4. The maximum absolute atomic E-state index is 5.52. The van der Waals surface area contributed by atoms with Crippen LogP contribution in [0.2, 0.25) is 0 Å². The lowest BCUT2D eigenvalue weighted by Gasteiger charge is -2.51. The Labute approximate surface area is 112 Å². The maximum atomic E-state index is 5.52. The summed E-state index contributed by atoms with van der Waals surface area (Å²) >= 11 is 0. The van der Waals surface area contributed by atoms with Gasteiger partial charge in [-0.05, 0) is 32.1 Å². The zero-order chi connectivity index (χ0) is 13.0. The number of rotatable bonds is 4. The van der Waals surface area contributed by atoms with Gasteiger partial charge < -0.3 is 10.1 Å². The van der Waals surface area contributed by atoms with Crippen LogP contribution in [0, 0.1) is 0 Å². The third-order valence-electron chi connectivity index (χ3n) is 5.15. The summed E-state index contributed by atoms with van der Waals surface area (Å²) in [4.78, 5) is 2.80. The summed E-state index contributed by atoms with van der Waals surface area (Å²) in [6, 6.07) is 1.47. The molecule has 2 heterocycles. The van der Waals surface area contributed by atoms with Crippen molar-refractivity contribution in [3.8, 4) is 0 Å². The predicted molar refractivity (Wildman–Crippen MR) is 75.9 cm³/mol. The van der Waals surface area contributed by atoms with Gasteiger partial charge in [0.1, 0.15) is 0 Å². The summed E-state index contributed by atoms with van der Waals surface area (Å²) in [6.07, 6.45) is 6.17. The summed E-state index contributed by atoms with van der Waals surface area (Å²) < 4.78 is 5.52. The SMILES string of the molecule is CCC1CNC(CC)(CC)CN1C1CCOCC1. The van der Waals surface area contributed by atoms with E-state index in [4.69, 9.17) is 4.74 Å². The molecule has 2 fully saturated rings. The van der Waals surface area contributed by atoms with Crippen LogP contribution < -0.4 is 5.32 Å². The van der Waals surface area contributed by atoms with Crippen molar-refractivity contribution in [2.45, 2.75) is 70.5 Å². The number of hydrogen-bond acceptors (Lipinski definition) is 3. The minimum absolute atomic E-state index is 0.351. The molecule has 2 aliphatic rings. The highest BCUT2D eigenvalue weighted by molar-refractivity contribution is 4.98. The van der Waals surface area contributed by atoms with E-state index in [-0.39, 0.29) is 0 Å². The first-order valence-corrected chi connectivity index (χ1v) is 7.83. The third-order valence-corrected chi connectivity index (χ3v) is 5.15. The largest absolute Gasteiger partial charge is 0.381 e. The molecular weight excluding hydrogens is 224 g/mol. The molecule has 0 bridgehead atoms. The normalized spacial score (nSPS) is 30.5. The van der Waals surface area contributed by atoms with Gasteiger partial charge >= 0.3 is 0 Å². The minimum Gasteiger partial charge on any atom is -0.381 e. The van der Waals surface area contributed by atoms with Gasteiger partial charge in [-0.2, -0.15) is 0 Å². The molecule has 2 saturated heterocycles. The van der Waals surface area contributed by atoms with Crippen LogP contribution in [0.3, 0.4) is 0 Å². The van der Waals surface area contributed by atoms with E-state index < -0.39 is 0 Å². The van der Waals surface area contributed by atoms with Gasteiger partial charge in [-0.25, -0.2) is 0 Å². The molecule has 3 heteroatoms. The molecule has 0 aromatic carbocycles. The molecule has 0 amide bonds. The van der Waals surface area contributed by atoms with Crippen molar-refractivity contribution in [2.24, 2.45) is 0 Å². The van der Waals surface area contributed by atoms with Crippen LogP contribution in [-0.2, 0) is 4.74 Å². The van der Waals surface area contributed by atoms with Crippen LogP contribution in [0.1, 0.15) is 52.9 Å². The fourth-order valence-corrected chi connectivity index (χ4v) is 3.53. The maximum Gasteiger partial charge on any atom is 0.0480 e. The Morgan fingerprint density at radius 2 is 1.83 bits per heavy atom. The molecule has 0 aliphatic carbocycles. The first-order valence-electron chi connectivity index (χ1n) is 7.83. The molecule has 0 aromatic heterocycles. The second kappa shape index (κ2) is 6.36. The Morgan fingerprint density at radius 3 is 2.39 bits per heavy atom. The summed E-state index contributed by atoms with van der Waals surface area (Å²) in [5.74, 6) is 0. The van der Waals surface area contributed by atoms with E-state index in [1.165, 1.54) is 38.6 Å². The molecule has 1 atom stereocenters. The van der Waals surface area contributed by atoms with E-state index in [2.05, 4.69) is 31.0 Å². The Balaban J connectivity index is 2.06. The van der Waals surface area contributed by atoms with E-state index >= 15 is 0 Å². The second-order valence-electron chi connectivity index (χ2n) is 5.95. The Bertz CT molecular complexity index is 247. The summed E-state index contributed by atoms with van der Waals surface area (Å²) in [6.45, 7) is 11.3. The Morgan fingerprint density at radius 1 is 1.17 bits per heavy atom. The van der Waals surface area contributed by atoms with Gasteiger partial charge in [-0.3, -0.25) is 4.90 Å². The average molecular weight is 254 g/mol. The molecule has 0 radical (unpaired) electrons. The number of ether oxygens (including phenoxy) is 1. The fraction of sp³-hybridized carbons (Fsp3) is 1.00. The van der Waals surface area contributed by atoms with Crippen molar-refractivity contribution >= 4 is 0 Å². The highest BCUT2D eigenvalue weighted by Crippen LogP contribution is 2.28. The van der Waals surface area contributed by atoms with Crippen molar-refractivity contribution in [1.82, 2.24) is 10.2 Å². The van der Waals surface area contributed by atoms with Crippen LogP contribution >= 0.6 is 0 Å². The standard InChI is InChI=1S/C15H30N2O/c1-4-13-11-16-15(5-2,6-3)12-17(13)14-7-9-18-10-8-14/h13-14,16H,4-12H2,1-3H3. The van der Waals surface area contributed by atoms with Gasteiger partial charge in [-0.15, -0.1) is 0 Å². The van der Waals surface area contributed by atoms with E-state index in [1.54, 1.807) is 0 Å². The number of hydrogen-bond donors (Lipinski definition) is 1. The van der Waals surface area contributed by atoms with Crippen LogP contribution in [-0.4, -0.2) is 48.8 Å². The highest BCUT2D eigenvalue weighted by atomic mass is 16.5. The van der Waals surface area contributed by atoms with Gasteiger partial charge in [0.2, 0.25) is 0 Å². The lowest BCUT2D eigenvalue weighted by Crippen LogP contribution is -2.66. The first-order chi connectivity index (χ1) is 8.74. The Hall–Kier alpha value is -0.120. The lowest BCUT2D eigenvalue weighted by atomic mass is 9.86. The van der Waals surface area contributed by atoms with E-state index in [0.29, 0.717) is 5.54 Å². The molecular formula is C15H30N2O. The van der Waals surface area contributed by atoms with Gasteiger partial charge in [0.25, 0.3) is 0 Å². The van der Waals surface area contributed by atoms with Gasteiger partial charge in [0.15, 0.2) is 0 Å². The van der Waals surface area contributed by atoms with Crippen molar-refractivity contribution < 1.29 is 4.74 Å². The highest BCUT2D eigenvalue weighted by Gasteiger charge is 2.39. The quantitative estimate of drug-likeness (QED) is 0.834. The zero-order valence-electron chi connectivity index (χ0n) is 12.4. The number of nitrogens with one attached hydrogen (secondary N) is 1. The molecule has 1 N–H and O–H groups in total.